The van der Waals surface area contributed by atoms with Crippen LogP contribution in [0.15, 0.2) is 40.9 Å². The van der Waals surface area contributed by atoms with Gasteiger partial charge >= 0.3 is 0 Å². The van der Waals surface area contributed by atoms with E-state index in [9.17, 15) is 0 Å². The fourth-order valence-corrected chi connectivity index (χ4v) is 4.91. The second-order valence-electron chi connectivity index (χ2n) is 8.43. The molecule has 0 atom stereocenters. The molecule has 142 valence electrons. The molecular weight excluding hydrogens is 344 g/mol. The van der Waals surface area contributed by atoms with Crippen LogP contribution in [0, 0.1) is 20.8 Å². The molecule has 1 fully saturated rings. The molecule has 3 aromatic heterocycles. The van der Waals surface area contributed by atoms with E-state index in [0.29, 0.717) is 0 Å². The van der Waals surface area contributed by atoms with Gasteiger partial charge in [-0.25, -0.2) is 9.55 Å². The molecule has 1 aliphatic rings. The number of hydrogen-bond donors (Lipinski definition) is 0. The van der Waals surface area contributed by atoms with Crippen LogP contribution < -0.4 is 4.57 Å². The molecule has 3 heterocycles. The second-order valence-corrected chi connectivity index (χ2v) is 8.43. The van der Waals surface area contributed by atoms with Gasteiger partial charge in [0, 0.05) is 28.1 Å². The number of aryl methyl sites for hydroxylation is 4. The molecule has 0 radical (unpaired) electrons. The zero-order valence-electron chi connectivity index (χ0n) is 17.2. The van der Waals surface area contributed by atoms with Crippen molar-refractivity contribution in [3.05, 3.63) is 58.9 Å². The van der Waals surface area contributed by atoms with E-state index in [1.807, 2.05) is 6.92 Å². The lowest BCUT2D eigenvalue weighted by atomic mass is 9.93. The summed E-state index contributed by atoms with van der Waals surface area (Å²) in [6, 6.07) is 10.9. The molecule has 3 nitrogen and oxygen atoms in total. The Hall–Kier alpha value is -2.68. The highest BCUT2D eigenvalue weighted by Crippen LogP contribution is 2.39. The SMILES string of the molecule is Cc1ccc2c(n1)oc1c(-c3cc(C)c(C4CCCC4)c[n+]3C)c(C)ccc12. The van der Waals surface area contributed by atoms with Crippen LogP contribution in [0.25, 0.3) is 33.3 Å². The van der Waals surface area contributed by atoms with Crippen molar-refractivity contribution in [1.29, 1.82) is 0 Å². The van der Waals surface area contributed by atoms with Gasteiger partial charge in [0.15, 0.2) is 11.8 Å². The van der Waals surface area contributed by atoms with E-state index >= 15 is 0 Å². The maximum absolute atomic E-state index is 6.30. The Kier molecular flexibility index (Phi) is 4.01. The molecule has 1 saturated carbocycles. The van der Waals surface area contributed by atoms with Crippen molar-refractivity contribution in [2.45, 2.75) is 52.4 Å². The topological polar surface area (TPSA) is 29.9 Å². The van der Waals surface area contributed by atoms with Gasteiger partial charge in [0.2, 0.25) is 11.4 Å². The first-order chi connectivity index (χ1) is 13.5. The number of furan rings is 1. The first kappa shape index (κ1) is 17.4. The van der Waals surface area contributed by atoms with E-state index in [1.54, 1.807) is 0 Å². The van der Waals surface area contributed by atoms with Gasteiger partial charge in [-0.1, -0.05) is 25.0 Å². The first-order valence-electron chi connectivity index (χ1n) is 10.3. The molecule has 0 saturated heterocycles. The zero-order chi connectivity index (χ0) is 19.4. The Labute approximate surface area is 166 Å². The van der Waals surface area contributed by atoms with E-state index in [2.05, 4.69) is 67.0 Å². The van der Waals surface area contributed by atoms with Gasteiger partial charge in [0.05, 0.1) is 5.56 Å². The molecule has 0 amide bonds. The predicted octanol–water partition coefficient (Wildman–Crippen LogP) is 6.06. The van der Waals surface area contributed by atoms with Crippen LogP contribution >= 0.6 is 0 Å². The molecule has 1 aliphatic carbocycles. The van der Waals surface area contributed by atoms with Crippen LogP contribution in [-0.2, 0) is 7.05 Å². The summed E-state index contributed by atoms with van der Waals surface area (Å²) < 4.78 is 8.59. The van der Waals surface area contributed by atoms with E-state index in [4.69, 9.17) is 4.42 Å². The van der Waals surface area contributed by atoms with Gasteiger partial charge in [-0.3, -0.25) is 0 Å². The number of nitrogens with zero attached hydrogens (tertiary/aromatic N) is 2. The quantitative estimate of drug-likeness (QED) is 0.401. The van der Waals surface area contributed by atoms with Crippen molar-refractivity contribution in [3.63, 3.8) is 0 Å². The Morgan fingerprint density at radius 2 is 1.71 bits per heavy atom. The lowest BCUT2D eigenvalue weighted by molar-refractivity contribution is -0.660. The van der Waals surface area contributed by atoms with Crippen molar-refractivity contribution in [1.82, 2.24) is 4.98 Å². The van der Waals surface area contributed by atoms with Crippen LogP contribution in [0.1, 0.15) is 54.0 Å². The summed E-state index contributed by atoms with van der Waals surface area (Å²) in [5.41, 5.74) is 9.16. The summed E-state index contributed by atoms with van der Waals surface area (Å²) in [7, 11) is 2.16. The summed E-state index contributed by atoms with van der Waals surface area (Å²) in [5.74, 6) is 0.718. The maximum atomic E-state index is 6.30. The molecule has 0 aliphatic heterocycles. The van der Waals surface area contributed by atoms with Gasteiger partial charge in [-0.05, 0) is 62.8 Å². The van der Waals surface area contributed by atoms with Gasteiger partial charge in [-0.2, -0.15) is 0 Å². The standard InChI is InChI=1S/C25H27N2O/c1-15-9-11-19-20-12-10-17(3)26-25(20)28-24(19)23(15)22-13-16(2)21(14-27(22)4)18-7-5-6-8-18/h9-14,18H,5-8H2,1-4H3/q+1. The molecule has 4 aromatic rings. The molecule has 0 spiro atoms. The third-order valence-corrected chi connectivity index (χ3v) is 6.43. The molecule has 5 rings (SSSR count). The van der Waals surface area contributed by atoms with Crippen molar-refractivity contribution >= 4 is 22.1 Å². The Bertz CT molecular complexity index is 1210. The lowest BCUT2D eigenvalue weighted by Gasteiger charge is -2.13. The minimum Gasteiger partial charge on any atom is -0.437 e. The summed E-state index contributed by atoms with van der Waals surface area (Å²) in [6.45, 7) is 6.43. The fourth-order valence-electron chi connectivity index (χ4n) is 4.91. The van der Waals surface area contributed by atoms with Crippen LogP contribution in [0.2, 0.25) is 0 Å². The van der Waals surface area contributed by atoms with Crippen molar-refractivity contribution < 1.29 is 8.98 Å². The number of aromatic nitrogens is 2. The number of rotatable bonds is 2. The highest BCUT2D eigenvalue weighted by Gasteiger charge is 2.26. The average molecular weight is 372 g/mol. The fraction of sp³-hybridized carbons (Fsp3) is 0.360. The van der Waals surface area contributed by atoms with Crippen molar-refractivity contribution in [2.75, 3.05) is 0 Å². The largest absolute Gasteiger partial charge is 0.437 e. The number of pyridine rings is 2. The maximum Gasteiger partial charge on any atom is 0.227 e. The Balaban J connectivity index is 1.75. The molecule has 0 bridgehead atoms. The molecule has 0 N–H and O–H groups in total. The highest BCUT2D eigenvalue weighted by atomic mass is 16.3. The van der Waals surface area contributed by atoms with Crippen molar-refractivity contribution in [3.8, 4) is 11.3 Å². The predicted molar refractivity (Wildman–Crippen MR) is 114 cm³/mol. The third-order valence-electron chi connectivity index (χ3n) is 6.43. The zero-order valence-corrected chi connectivity index (χ0v) is 17.2. The minimum atomic E-state index is 0.718. The average Bonchev–Trinajstić information content (AvgIpc) is 3.30. The Morgan fingerprint density at radius 3 is 2.50 bits per heavy atom. The molecule has 1 aromatic carbocycles. The monoisotopic (exact) mass is 371 g/mol. The van der Waals surface area contributed by atoms with Crippen LogP contribution in [0.5, 0.6) is 0 Å². The van der Waals surface area contributed by atoms with Crippen LogP contribution in [-0.4, -0.2) is 4.98 Å². The van der Waals surface area contributed by atoms with E-state index < -0.39 is 0 Å². The Morgan fingerprint density at radius 1 is 0.964 bits per heavy atom. The first-order valence-corrected chi connectivity index (χ1v) is 10.3. The summed E-state index contributed by atoms with van der Waals surface area (Å²) >= 11 is 0. The van der Waals surface area contributed by atoms with Gasteiger partial charge < -0.3 is 4.42 Å². The smallest absolute Gasteiger partial charge is 0.227 e. The number of hydrogen-bond acceptors (Lipinski definition) is 2. The highest BCUT2D eigenvalue weighted by molar-refractivity contribution is 6.08. The van der Waals surface area contributed by atoms with E-state index in [0.717, 1.165) is 33.7 Å². The molecule has 3 heteroatoms. The molecule has 0 unspecified atom stereocenters. The van der Waals surface area contributed by atoms with E-state index in [1.165, 1.54) is 53.6 Å². The number of benzene rings is 1. The van der Waals surface area contributed by atoms with Crippen LogP contribution in [0.3, 0.4) is 0 Å². The lowest BCUT2D eigenvalue weighted by Crippen LogP contribution is -2.32. The molecule has 28 heavy (non-hydrogen) atoms. The van der Waals surface area contributed by atoms with Crippen molar-refractivity contribution in [2.24, 2.45) is 7.05 Å². The van der Waals surface area contributed by atoms with Crippen LogP contribution in [0.4, 0.5) is 0 Å². The third kappa shape index (κ3) is 2.64. The van der Waals surface area contributed by atoms with Gasteiger partial charge in [0.25, 0.3) is 0 Å². The summed E-state index contributed by atoms with van der Waals surface area (Å²) in [5, 5.41) is 2.23. The summed E-state index contributed by atoms with van der Waals surface area (Å²) in [4.78, 5) is 4.61. The number of fused-ring (bicyclic) bond motifs is 3. The second kappa shape index (κ2) is 6.44. The van der Waals surface area contributed by atoms with Gasteiger partial charge in [-0.15, -0.1) is 0 Å². The summed E-state index contributed by atoms with van der Waals surface area (Å²) in [6.07, 6.45) is 7.72. The molecular formula is C25H27N2O+. The van der Waals surface area contributed by atoms with Gasteiger partial charge in [0.1, 0.15) is 7.05 Å². The van der Waals surface area contributed by atoms with E-state index in [-0.39, 0.29) is 0 Å². The normalized spacial score (nSPS) is 15.1. The minimum absolute atomic E-state index is 0.718.